The second-order valence-corrected chi connectivity index (χ2v) is 5.64. The number of carbonyl (C=O) groups excluding carboxylic acids is 1. The van der Waals surface area contributed by atoms with Crippen LogP contribution in [0.4, 0.5) is 8.78 Å². The topological polar surface area (TPSA) is 86.5 Å². The number of rotatable bonds is 8. The summed E-state index contributed by atoms with van der Waals surface area (Å²) in [5.41, 5.74) is 6.50. The molecule has 1 heterocycles. The van der Waals surface area contributed by atoms with Gasteiger partial charge in [-0.25, -0.2) is 4.98 Å². The Bertz CT molecular complexity index is 694. The third-order valence-electron chi connectivity index (χ3n) is 3.10. The molecule has 0 unspecified atom stereocenters. The van der Waals surface area contributed by atoms with Crippen LogP contribution >= 0.6 is 11.3 Å². The monoisotopic (exact) mass is 357 g/mol. The minimum absolute atomic E-state index is 0.0385. The van der Waals surface area contributed by atoms with Gasteiger partial charge >= 0.3 is 6.61 Å². The van der Waals surface area contributed by atoms with Crippen molar-refractivity contribution in [2.24, 2.45) is 5.73 Å². The van der Waals surface area contributed by atoms with Crippen molar-refractivity contribution in [3.05, 3.63) is 39.8 Å². The van der Waals surface area contributed by atoms with Gasteiger partial charge < -0.3 is 20.5 Å². The summed E-state index contributed by atoms with van der Waals surface area (Å²) in [7, 11) is 1.37. The van der Waals surface area contributed by atoms with Gasteiger partial charge in [0.25, 0.3) is 5.91 Å². The quantitative estimate of drug-likeness (QED) is 0.756. The Morgan fingerprint density at radius 3 is 2.83 bits per heavy atom. The summed E-state index contributed by atoms with van der Waals surface area (Å²) < 4.78 is 34.2. The van der Waals surface area contributed by atoms with Crippen LogP contribution in [0.25, 0.3) is 0 Å². The first-order valence-corrected chi connectivity index (χ1v) is 7.96. The summed E-state index contributed by atoms with van der Waals surface area (Å²) in [5.74, 6) is -0.119. The highest BCUT2D eigenvalue weighted by Gasteiger charge is 2.12. The Morgan fingerprint density at radius 1 is 1.42 bits per heavy atom. The third kappa shape index (κ3) is 4.87. The van der Waals surface area contributed by atoms with E-state index in [1.165, 1.54) is 24.5 Å². The molecule has 0 saturated carbocycles. The highest BCUT2D eigenvalue weighted by Crippen LogP contribution is 2.29. The Kier molecular flexibility index (Phi) is 6.44. The number of carbonyl (C=O) groups is 1. The van der Waals surface area contributed by atoms with Crippen LogP contribution in [0.3, 0.4) is 0 Å². The smallest absolute Gasteiger partial charge is 0.387 e. The van der Waals surface area contributed by atoms with E-state index in [0.29, 0.717) is 23.7 Å². The first kappa shape index (κ1) is 18.1. The molecule has 9 heteroatoms. The van der Waals surface area contributed by atoms with Crippen molar-refractivity contribution < 1.29 is 23.0 Å². The molecule has 0 aliphatic carbocycles. The zero-order valence-corrected chi connectivity index (χ0v) is 13.7. The van der Waals surface area contributed by atoms with Crippen LogP contribution in [0.5, 0.6) is 11.5 Å². The van der Waals surface area contributed by atoms with E-state index >= 15 is 0 Å². The predicted octanol–water partition coefficient (Wildman–Crippen LogP) is 2.18. The summed E-state index contributed by atoms with van der Waals surface area (Å²) in [4.78, 5) is 16.0. The van der Waals surface area contributed by atoms with Gasteiger partial charge in [-0.2, -0.15) is 8.78 Å². The van der Waals surface area contributed by atoms with Crippen LogP contribution < -0.4 is 20.5 Å². The summed E-state index contributed by atoms with van der Waals surface area (Å²) in [6.07, 6.45) is 0.448. The van der Waals surface area contributed by atoms with E-state index in [0.717, 1.165) is 5.56 Å². The molecule has 1 amide bonds. The van der Waals surface area contributed by atoms with Crippen LogP contribution in [-0.2, 0) is 13.0 Å². The Morgan fingerprint density at radius 2 is 2.21 bits per heavy atom. The molecule has 3 N–H and O–H groups in total. The number of hydrogen-bond donors (Lipinski definition) is 2. The molecule has 2 rings (SSSR count). The fraction of sp³-hybridized carbons (Fsp3) is 0.333. The number of halogens is 2. The van der Waals surface area contributed by atoms with Crippen molar-refractivity contribution >= 4 is 17.2 Å². The number of alkyl halides is 2. The maximum Gasteiger partial charge on any atom is 0.387 e. The molecule has 24 heavy (non-hydrogen) atoms. The van der Waals surface area contributed by atoms with Gasteiger partial charge in [0.05, 0.1) is 7.11 Å². The van der Waals surface area contributed by atoms with E-state index in [1.54, 1.807) is 17.5 Å². The van der Waals surface area contributed by atoms with Crippen LogP contribution in [0, 0.1) is 0 Å². The largest absolute Gasteiger partial charge is 0.493 e. The van der Waals surface area contributed by atoms with Gasteiger partial charge in [-0.3, -0.25) is 4.79 Å². The Labute approximate surface area is 141 Å². The van der Waals surface area contributed by atoms with Crippen LogP contribution in [-0.4, -0.2) is 31.2 Å². The Hall–Kier alpha value is -2.26. The number of aromatic nitrogens is 1. The molecule has 0 fully saturated rings. The molecule has 0 spiro atoms. The number of methoxy groups -OCH3 is 1. The second kappa shape index (κ2) is 8.55. The number of nitrogens with zero attached hydrogens (tertiary/aromatic N) is 1. The maximum atomic E-state index is 12.4. The number of ether oxygens (including phenoxy) is 2. The van der Waals surface area contributed by atoms with Gasteiger partial charge in [0.2, 0.25) is 0 Å². The Balaban J connectivity index is 1.92. The number of hydrogen-bond acceptors (Lipinski definition) is 6. The number of thiazole rings is 1. The van der Waals surface area contributed by atoms with Crippen LogP contribution in [0.1, 0.15) is 21.1 Å². The molecule has 0 radical (unpaired) electrons. The summed E-state index contributed by atoms with van der Waals surface area (Å²) in [6, 6.07) is 4.73. The number of nitrogens with one attached hydrogen (secondary N) is 1. The zero-order valence-electron chi connectivity index (χ0n) is 12.9. The molecular weight excluding hydrogens is 340 g/mol. The number of benzene rings is 1. The van der Waals surface area contributed by atoms with Gasteiger partial charge in [0.1, 0.15) is 10.7 Å². The van der Waals surface area contributed by atoms with Crippen molar-refractivity contribution in [2.75, 3.05) is 13.7 Å². The van der Waals surface area contributed by atoms with Gasteiger partial charge in [-0.05, 0) is 24.1 Å². The van der Waals surface area contributed by atoms with Gasteiger partial charge in [0, 0.05) is 18.5 Å². The van der Waals surface area contributed by atoms with Gasteiger partial charge in [0.15, 0.2) is 11.5 Å². The summed E-state index contributed by atoms with van der Waals surface area (Å²) in [6.45, 7) is -2.32. The molecule has 0 aliphatic rings. The molecule has 6 nitrogen and oxygen atoms in total. The molecule has 1 aromatic carbocycles. The first-order valence-electron chi connectivity index (χ1n) is 7.08. The lowest BCUT2D eigenvalue weighted by Gasteiger charge is -2.11. The average molecular weight is 357 g/mol. The maximum absolute atomic E-state index is 12.4. The van der Waals surface area contributed by atoms with E-state index in [9.17, 15) is 13.6 Å². The van der Waals surface area contributed by atoms with Crippen molar-refractivity contribution in [1.29, 1.82) is 0 Å². The first-order chi connectivity index (χ1) is 11.5. The number of nitrogens with two attached hydrogens (primary N) is 1. The summed E-state index contributed by atoms with van der Waals surface area (Å²) >= 11 is 1.32. The van der Waals surface area contributed by atoms with Crippen LogP contribution in [0.15, 0.2) is 23.6 Å². The third-order valence-corrected chi connectivity index (χ3v) is 3.97. The van der Waals surface area contributed by atoms with E-state index in [-0.39, 0.29) is 24.0 Å². The average Bonchev–Trinajstić information content (AvgIpc) is 3.03. The van der Waals surface area contributed by atoms with E-state index in [2.05, 4.69) is 15.0 Å². The van der Waals surface area contributed by atoms with E-state index < -0.39 is 6.61 Å². The van der Waals surface area contributed by atoms with Crippen molar-refractivity contribution in [3.63, 3.8) is 0 Å². The minimum atomic E-state index is -2.93. The molecule has 0 aliphatic heterocycles. The lowest BCUT2D eigenvalue weighted by atomic mass is 10.1. The van der Waals surface area contributed by atoms with Crippen molar-refractivity contribution in [3.8, 4) is 11.5 Å². The standard InChI is InChI=1S/C15H17F2N3O3S/c1-22-11-3-2-9(6-12(11)23-15(16)17)4-5-19-14(21)10-8-24-13(7-18)20-10/h2-3,6,8,15H,4-5,7,18H2,1H3,(H,19,21). The molecule has 1 aromatic heterocycles. The predicted molar refractivity (Wildman–Crippen MR) is 85.7 cm³/mol. The normalized spacial score (nSPS) is 10.7. The van der Waals surface area contributed by atoms with Crippen molar-refractivity contribution in [1.82, 2.24) is 10.3 Å². The molecule has 0 atom stereocenters. The van der Waals surface area contributed by atoms with Gasteiger partial charge in [-0.15, -0.1) is 11.3 Å². The van der Waals surface area contributed by atoms with E-state index in [1.807, 2.05) is 0 Å². The molecular formula is C15H17F2N3O3S. The molecule has 130 valence electrons. The zero-order chi connectivity index (χ0) is 17.5. The van der Waals surface area contributed by atoms with Crippen molar-refractivity contribution in [2.45, 2.75) is 19.6 Å². The lowest BCUT2D eigenvalue weighted by Crippen LogP contribution is -2.26. The molecule has 0 saturated heterocycles. The second-order valence-electron chi connectivity index (χ2n) is 4.70. The summed E-state index contributed by atoms with van der Waals surface area (Å²) in [5, 5.41) is 5.04. The highest BCUT2D eigenvalue weighted by molar-refractivity contribution is 7.09. The lowest BCUT2D eigenvalue weighted by molar-refractivity contribution is -0.0512. The molecule has 0 bridgehead atoms. The molecule has 2 aromatic rings. The van der Waals surface area contributed by atoms with E-state index in [4.69, 9.17) is 10.5 Å². The van der Waals surface area contributed by atoms with Crippen LogP contribution in [0.2, 0.25) is 0 Å². The minimum Gasteiger partial charge on any atom is -0.493 e. The fourth-order valence-corrected chi connectivity index (χ4v) is 2.64. The SMILES string of the molecule is COc1ccc(CCNC(=O)c2csc(CN)n2)cc1OC(F)F. The number of amides is 1. The highest BCUT2D eigenvalue weighted by atomic mass is 32.1. The van der Waals surface area contributed by atoms with Gasteiger partial charge in [-0.1, -0.05) is 6.07 Å². The fourth-order valence-electron chi connectivity index (χ4n) is 1.98.